The van der Waals surface area contributed by atoms with E-state index in [1.54, 1.807) is 12.1 Å². The zero-order valence-electron chi connectivity index (χ0n) is 15.7. The van der Waals surface area contributed by atoms with Crippen molar-refractivity contribution in [3.8, 4) is 21.8 Å². The Balaban J connectivity index is 1.69. The fraction of sp³-hybridized carbons (Fsp3) is 0. The first-order chi connectivity index (χ1) is 14.6. The Hall–Kier alpha value is -3.22. The van der Waals surface area contributed by atoms with Gasteiger partial charge in [0.25, 0.3) is 0 Å². The molecule has 2 N–H and O–H groups in total. The molecule has 0 spiro atoms. The number of thiazole rings is 1. The van der Waals surface area contributed by atoms with Crippen molar-refractivity contribution < 1.29 is 4.79 Å². The number of aromatic nitrogens is 2. The van der Waals surface area contributed by atoms with Crippen LogP contribution >= 0.6 is 27.3 Å². The number of ketones is 1. The molecule has 3 aromatic heterocycles. The number of pyridine rings is 1. The largest absolute Gasteiger partial charge is 0.396 e. The van der Waals surface area contributed by atoms with Crippen molar-refractivity contribution in [3.63, 3.8) is 0 Å². The van der Waals surface area contributed by atoms with Crippen molar-refractivity contribution in [1.29, 1.82) is 0 Å². The van der Waals surface area contributed by atoms with Crippen LogP contribution in [0.2, 0.25) is 0 Å². The van der Waals surface area contributed by atoms with Crippen LogP contribution in [-0.2, 0) is 0 Å². The molecule has 0 bridgehead atoms. The summed E-state index contributed by atoms with van der Waals surface area (Å²) in [5, 5.41) is 2.81. The summed E-state index contributed by atoms with van der Waals surface area (Å²) in [5.74, 6) is -0.124. The van der Waals surface area contributed by atoms with Gasteiger partial charge in [0, 0.05) is 27.2 Å². The van der Waals surface area contributed by atoms with E-state index >= 15 is 0 Å². The standard InChI is InChI=1S/C24H16BrN3OS/c25-17-10-6-9-16(13-17)23(29)22-21(26)20(19-11-4-5-12-28(19)22)24-27-18(14-30-24)15-7-2-1-3-8-15/h1-14H,26H2. The number of anilines is 1. The van der Waals surface area contributed by atoms with Crippen LogP contribution in [0.1, 0.15) is 16.1 Å². The van der Waals surface area contributed by atoms with E-state index in [-0.39, 0.29) is 5.78 Å². The van der Waals surface area contributed by atoms with E-state index in [2.05, 4.69) is 15.9 Å². The van der Waals surface area contributed by atoms with Crippen molar-refractivity contribution in [2.24, 2.45) is 0 Å². The van der Waals surface area contributed by atoms with Crippen LogP contribution in [0.4, 0.5) is 5.69 Å². The maximum absolute atomic E-state index is 13.4. The number of carbonyl (C=O) groups excluding carboxylic acids is 1. The number of nitrogens with two attached hydrogens (primary N) is 1. The number of fused-ring (bicyclic) bond motifs is 1. The SMILES string of the molecule is Nc1c(-c2nc(-c3ccccc3)cs2)c2ccccn2c1C(=O)c1cccc(Br)c1. The summed E-state index contributed by atoms with van der Waals surface area (Å²) in [5.41, 5.74) is 11.7. The lowest BCUT2D eigenvalue weighted by molar-refractivity contribution is 0.103. The first-order valence-corrected chi connectivity index (χ1v) is 11.0. The molecule has 0 saturated carbocycles. The molecule has 3 heterocycles. The number of nitrogens with zero attached hydrogens (tertiary/aromatic N) is 2. The summed E-state index contributed by atoms with van der Waals surface area (Å²) in [4.78, 5) is 18.2. The lowest BCUT2D eigenvalue weighted by Crippen LogP contribution is -2.08. The van der Waals surface area contributed by atoms with Gasteiger partial charge in [0.1, 0.15) is 10.7 Å². The van der Waals surface area contributed by atoms with Gasteiger partial charge in [-0.05, 0) is 24.3 Å². The molecule has 0 saturated heterocycles. The maximum atomic E-state index is 13.4. The van der Waals surface area contributed by atoms with E-state index in [0.29, 0.717) is 16.9 Å². The van der Waals surface area contributed by atoms with Gasteiger partial charge in [-0.15, -0.1) is 11.3 Å². The zero-order chi connectivity index (χ0) is 20.7. The lowest BCUT2D eigenvalue weighted by Gasteiger charge is -2.04. The van der Waals surface area contributed by atoms with Crippen LogP contribution < -0.4 is 5.73 Å². The topological polar surface area (TPSA) is 60.4 Å². The Labute approximate surface area is 185 Å². The summed E-state index contributed by atoms with van der Waals surface area (Å²) < 4.78 is 2.71. The zero-order valence-corrected chi connectivity index (χ0v) is 18.2. The van der Waals surface area contributed by atoms with Gasteiger partial charge in [-0.2, -0.15) is 0 Å². The molecule has 5 rings (SSSR count). The average molecular weight is 474 g/mol. The van der Waals surface area contributed by atoms with Gasteiger partial charge in [0.2, 0.25) is 5.78 Å². The van der Waals surface area contributed by atoms with Crippen molar-refractivity contribution in [2.75, 3.05) is 5.73 Å². The van der Waals surface area contributed by atoms with Crippen molar-refractivity contribution >= 4 is 44.3 Å². The molecule has 4 nitrogen and oxygen atoms in total. The van der Waals surface area contributed by atoms with Crippen LogP contribution in [0.25, 0.3) is 27.3 Å². The summed E-state index contributed by atoms with van der Waals surface area (Å²) in [6.07, 6.45) is 1.87. The minimum absolute atomic E-state index is 0.124. The minimum atomic E-state index is -0.124. The summed E-state index contributed by atoms with van der Waals surface area (Å²) in [6.45, 7) is 0. The molecule has 30 heavy (non-hydrogen) atoms. The Kier molecular flexibility index (Phi) is 4.73. The van der Waals surface area contributed by atoms with Gasteiger partial charge < -0.3 is 10.1 Å². The first kappa shape index (κ1) is 18.8. The molecule has 146 valence electrons. The van der Waals surface area contributed by atoms with E-state index < -0.39 is 0 Å². The van der Waals surface area contributed by atoms with Gasteiger partial charge in [-0.25, -0.2) is 4.98 Å². The fourth-order valence-corrected chi connectivity index (χ4v) is 4.88. The monoisotopic (exact) mass is 473 g/mol. The molecule has 0 unspecified atom stereocenters. The molecule has 2 aromatic carbocycles. The predicted octanol–water partition coefficient (Wildman–Crippen LogP) is 6.31. The van der Waals surface area contributed by atoms with Crippen LogP contribution in [0.5, 0.6) is 0 Å². The Morgan fingerprint density at radius 3 is 2.60 bits per heavy atom. The van der Waals surface area contributed by atoms with Crippen LogP contribution in [0.15, 0.2) is 88.8 Å². The quantitative estimate of drug-likeness (QED) is 0.311. The number of halogens is 1. The Bertz CT molecular complexity index is 1390. The number of hydrogen-bond acceptors (Lipinski definition) is 4. The first-order valence-electron chi connectivity index (χ1n) is 9.33. The Morgan fingerprint density at radius 2 is 1.80 bits per heavy atom. The van der Waals surface area contributed by atoms with E-state index in [4.69, 9.17) is 10.7 Å². The van der Waals surface area contributed by atoms with Gasteiger partial charge in [-0.1, -0.05) is 64.5 Å². The minimum Gasteiger partial charge on any atom is -0.396 e. The highest BCUT2D eigenvalue weighted by molar-refractivity contribution is 9.10. The second kappa shape index (κ2) is 7.55. The van der Waals surface area contributed by atoms with Crippen LogP contribution in [0, 0.1) is 0 Å². The average Bonchev–Trinajstić information content (AvgIpc) is 3.36. The molecule has 0 fully saturated rings. The summed E-state index contributed by atoms with van der Waals surface area (Å²) in [6, 6.07) is 23.2. The van der Waals surface area contributed by atoms with Gasteiger partial charge in [0.05, 0.1) is 22.5 Å². The van der Waals surface area contributed by atoms with Crippen molar-refractivity contribution in [2.45, 2.75) is 0 Å². The third-order valence-electron chi connectivity index (χ3n) is 4.97. The van der Waals surface area contributed by atoms with E-state index in [9.17, 15) is 4.79 Å². The summed E-state index contributed by atoms with van der Waals surface area (Å²) >= 11 is 4.97. The number of carbonyl (C=O) groups is 1. The highest BCUT2D eigenvalue weighted by Crippen LogP contribution is 2.39. The highest BCUT2D eigenvalue weighted by atomic mass is 79.9. The molecule has 0 amide bonds. The maximum Gasteiger partial charge on any atom is 0.211 e. The van der Waals surface area contributed by atoms with Crippen molar-refractivity contribution in [1.82, 2.24) is 9.38 Å². The third-order valence-corrected chi connectivity index (χ3v) is 6.32. The molecule has 5 aromatic rings. The fourth-order valence-electron chi connectivity index (χ4n) is 3.58. The van der Waals surface area contributed by atoms with Gasteiger partial charge >= 0.3 is 0 Å². The predicted molar refractivity (Wildman–Crippen MR) is 126 cm³/mol. The molecular weight excluding hydrogens is 458 g/mol. The summed E-state index contributed by atoms with van der Waals surface area (Å²) in [7, 11) is 0. The number of hydrogen-bond donors (Lipinski definition) is 1. The molecule has 0 aliphatic carbocycles. The number of rotatable bonds is 4. The van der Waals surface area contributed by atoms with Crippen LogP contribution in [0.3, 0.4) is 0 Å². The number of nitrogen functional groups attached to an aromatic ring is 1. The Morgan fingerprint density at radius 1 is 1.00 bits per heavy atom. The normalized spacial score (nSPS) is 11.1. The third kappa shape index (κ3) is 3.14. The van der Waals surface area contributed by atoms with Crippen molar-refractivity contribution in [3.05, 3.63) is 100 Å². The molecule has 6 heteroatoms. The molecule has 0 aliphatic rings. The smallest absolute Gasteiger partial charge is 0.211 e. The van der Waals surface area contributed by atoms with E-state index in [1.165, 1.54) is 11.3 Å². The second-order valence-corrected chi connectivity index (χ2v) is 8.61. The van der Waals surface area contributed by atoms with E-state index in [0.717, 1.165) is 31.8 Å². The molecule has 0 aliphatic heterocycles. The second-order valence-electron chi connectivity index (χ2n) is 6.84. The van der Waals surface area contributed by atoms with Gasteiger partial charge in [0.15, 0.2) is 0 Å². The lowest BCUT2D eigenvalue weighted by atomic mass is 10.1. The highest BCUT2D eigenvalue weighted by Gasteiger charge is 2.25. The molecular formula is C24H16BrN3OS. The number of benzene rings is 2. The molecule has 0 radical (unpaired) electrons. The molecule has 0 atom stereocenters. The van der Waals surface area contributed by atoms with Gasteiger partial charge in [-0.3, -0.25) is 4.79 Å². The van der Waals surface area contributed by atoms with E-state index in [1.807, 2.05) is 76.6 Å². The van der Waals surface area contributed by atoms with Crippen LogP contribution in [-0.4, -0.2) is 15.2 Å².